The summed E-state index contributed by atoms with van der Waals surface area (Å²) in [6.07, 6.45) is 1.25. The van der Waals surface area contributed by atoms with Crippen LogP contribution in [0.3, 0.4) is 0 Å². The van der Waals surface area contributed by atoms with Gasteiger partial charge in [-0.1, -0.05) is 13.8 Å². The third-order valence-corrected chi connectivity index (χ3v) is 2.48. The SMILES string of the molecule is CNC1CCNCC1(C)C.[K+].[OH-]. The van der Waals surface area contributed by atoms with Crippen LogP contribution in [-0.4, -0.2) is 31.7 Å². The summed E-state index contributed by atoms with van der Waals surface area (Å²) >= 11 is 0. The molecule has 12 heavy (non-hydrogen) atoms. The second-order valence-corrected chi connectivity index (χ2v) is 3.80. The van der Waals surface area contributed by atoms with Gasteiger partial charge in [0, 0.05) is 12.6 Å². The molecular weight excluding hydrogens is 179 g/mol. The number of piperidine rings is 1. The minimum absolute atomic E-state index is 0. The Balaban J connectivity index is 0. The van der Waals surface area contributed by atoms with Gasteiger partial charge in [0.15, 0.2) is 0 Å². The first-order chi connectivity index (χ1) is 4.67. The smallest absolute Gasteiger partial charge is 0.870 e. The molecule has 1 heterocycles. The van der Waals surface area contributed by atoms with Crippen molar-refractivity contribution in [3.8, 4) is 0 Å². The van der Waals surface area contributed by atoms with Gasteiger partial charge < -0.3 is 16.1 Å². The van der Waals surface area contributed by atoms with Crippen LogP contribution in [0.4, 0.5) is 0 Å². The Labute approximate surface area is 118 Å². The fourth-order valence-corrected chi connectivity index (χ4v) is 1.71. The van der Waals surface area contributed by atoms with E-state index in [0.717, 1.165) is 13.1 Å². The fraction of sp³-hybridized carbons (Fsp3) is 1.00. The predicted molar refractivity (Wildman–Crippen MR) is 46.1 cm³/mol. The summed E-state index contributed by atoms with van der Waals surface area (Å²) in [7, 11) is 2.05. The Kier molecular flexibility index (Phi) is 9.17. The molecule has 1 rings (SSSR count). The second kappa shape index (κ2) is 6.89. The first-order valence-corrected chi connectivity index (χ1v) is 4.05. The van der Waals surface area contributed by atoms with Gasteiger partial charge in [0.25, 0.3) is 0 Å². The zero-order valence-corrected chi connectivity index (χ0v) is 11.8. The van der Waals surface area contributed by atoms with Crippen molar-refractivity contribution in [2.75, 3.05) is 20.1 Å². The fourth-order valence-electron chi connectivity index (χ4n) is 1.71. The van der Waals surface area contributed by atoms with Gasteiger partial charge in [-0.2, -0.15) is 0 Å². The molecule has 0 aromatic rings. The van der Waals surface area contributed by atoms with E-state index in [0.29, 0.717) is 11.5 Å². The second-order valence-electron chi connectivity index (χ2n) is 3.80. The van der Waals surface area contributed by atoms with E-state index >= 15 is 0 Å². The third-order valence-electron chi connectivity index (χ3n) is 2.48. The molecule has 1 saturated heterocycles. The predicted octanol–water partition coefficient (Wildman–Crippen LogP) is -2.58. The van der Waals surface area contributed by atoms with Crippen LogP contribution in [-0.2, 0) is 0 Å². The minimum atomic E-state index is 0. The molecule has 4 heteroatoms. The first-order valence-electron chi connectivity index (χ1n) is 4.05. The van der Waals surface area contributed by atoms with Crippen LogP contribution in [0.25, 0.3) is 0 Å². The van der Waals surface area contributed by atoms with E-state index in [1.54, 1.807) is 0 Å². The Morgan fingerprint density at radius 1 is 1.42 bits per heavy atom. The summed E-state index contributed by atoms with van der Waals surface area (Å²) in [5, 5.41) is 6.75. The maximum absolute atomic E-state index is 3.40. The summed E-state index contributed by atoms with van der Waals surface area (Å²) < 4.78 is 0. The number of nitrogens with one attached hydrogen (secondary N) is 2. The summed E-state index contributed by atoms with van der Waals surface area (Å²) in [5.74, 6) is 0. The van der Waals surface area contributed by atoms with Crippen molar-refractivity contribution in [2.45, 2.75) is 26.3 Å². The molecule has 1 aliphatic heterocycles. The summed E-state index contributed by atoms with van der Waals surface area (Å²) in [6.45, 7) is 6.91. The molecule has 3 nitrogen and oxygen atoms in total. The van der Waals surface area contributed by atoms with Crippen LogP contribution in [0.15, 0.2) is 0 Å². The molecule has 0 spiro atoms. The van der Waals surface area contributed by atoms with Gasteiger partial charge in [-0.05, 0) is 25.4 Å². The largest absolute Gasteiger partial charge is 1.00 e. The van der Waals surface area contributed by atoms with Crippen molar-refractivity contribution < 1.29 is 56.9 Å². The molecule has 1 atom stereocenters. The molecule has 0 aromatic carbocycles. The van der Waals surface area contributed by atoms with Crippen molar-refractivity contribution in [1.82, 2.24) is 10.6 Å². The molecule has 1 unspecified atom stereocenters. The summed E-state index contributed by atoms with van der Waals surface area (Å²) in [4.78, 5) is 0. The van der Waals surface area contributed by atoms with Gasteiger partial charge >= 0.3 is 51.4 Å². The first kappa shape index (κ1) is 16.0. The van der Waals surface area contributed by atoms with Crippen LogP contribution in [0, 0.1) is 5.41 Å². The van der Waals surface area contributed by atoms with Crippen molar-refractivity contribution in [3.05, 3.63) is 0 Å². The van der Waals surface area contributed by atoms with Gasteiger partial charge in [0.05, 0.1) is 0 Å². The average Bonchev–Trinajstić information content (AvgIpc) is 1.87. The Morgan fingerprint density at radius 3 is 2.33 bits per heavy atom. The molecule has 0 radical (unpaired) electrons. The van der Waals surface area contributed by atoms with Gasteiger partial charge in [-0.25, -0.2) is 0 Å². The quantitative estimate of drug-likeness (QED) is 0.455. The monoisotopic (exact) mass is 198 g/mol. The Bertz CT molecular complexity index is 120. The molecular formula is C8H19KN2O. The van der Waals surface area contributed by atoms with Crippen molar-refractivity contribution in [2.24, 2.45) is 5.41 Å². The van der Waals surface area contributed by atoms with Crippen LogP contribution < -0.4 is 62.0 Å². The number of hydrogen-bond donors (Lipinski definition) is 2. The molecule has 0 aliphatic carbocycles. The molecule has 1 fully saturated rings. The van der Waals surface area contributed by atoms with Crippen molar-refractivity contribution >= 4 is 0 Å². The molecule has 0 saturated carbocycles. The molecule has 68 valence electrons. The van der Waals surface area contributed by atoms with E-state index in [9.17, 15) is 0 Å². The van der Waals surface area contributed by atoms with E-state index in [1.807, 2.05) is 0 Å². The van der Waals surface area contributed by atoms with Gasteiger partial charge in [-0.15, -0.1) is 0 Å². The standard InChI is InChI=1S/C8H18N2.K.H2O/c1-8(2)6-10-5-4-7(8)9-3;;/h7,9-10H,4-6H2,1-3H3;;1H2/q;+1;/p-1. The molecule has 3 N–H and O–H groups in total. The zero-order valence-electron chi connectivity index (χ0n) is 8.65. The van der Waals surface area contributed by atoms with Gasteiger partial charge in [0.2, 0.25) is 0 Å². The number of hydrogen-bond acceptors (Lipinski definition) is 3. The van der Waals surface area contributed by atoms with Crippen LogP contribution >= 0.6 is 0 Å². The van der Waals surface area contributed by atoms with Gasteiger partial charge in [0.1, 0.15) is 0 Å². The number of rotatable bonds is 1. The van der Waals surface area contributed by atoms with Crippen LogP contribution in [0.1, 0.15) is 20.3 Å². The Morgan fingerprint density at radius 2 is 2.00 bits per heavy atom. The van der Waals surface area contributed by atoms with Crippen molar-refractivity contribution in [1.29, 1.82) is 0 Å². The van der Waals surface area contributed by atoms with Crippen LogP contribution in [0.2, 0.25) is 0 Å². The molecule has 1 aliphatic rings. The van der Waals surface area contributed by atoms with Crippen LogP contribution in [0.5, 0.6) is 0 Å². The third kappa shape index (κ3) is 4.15. The molecule has 0 aromatic heterocycles. The molecule has 0 bridgehead atoms. The average molecular weight is 198 g/mol. The molecule has 0 amide bonds. The zero-order chi connectivity index (χ0) is 7.61. The Hall–Kier alpha value is 1.52. The van der Waals surface area contributed by atoms with Gasteiger partial charge in [-0.3, -0.25) is 0 Å². The summed E-state index contributed by atoms with van der Waals surface area (Å²) in [6, 6.07) is 0.689. The topological polar surface area (TPSA) is 54.1 Å². The summed E-state index contributed by atoms with van der Waals surface area (Å²) in [5.41, 5.74) is 0.424. The normalized spacial score (nSPS) is 26.8. The van der Waals surface area contributed by atoms with E-state index in [2.05, 4.69) is 31.5 Å². The van der Waals surface area contributed by atoms with E-state index in [-0.39, 0.29) is 56.9 Å². The minimum Gasteiger partial charge on any atom is -0.870 e. The van der Waals surface area contributed by atoms with E-state index in [1.165, 1.54) is 6.42 Å². The van der Waals surface area contributed by atoms with Crippen molar-refractivity contribution in [3.63, 3.8) is 0 Å². The van der Waals surface area contributed by atoms with E-state index < -0.39 is 0 Å². The maximum atomic E-state index is 3.40. The maximum Gasteiger partial charge on any atom is 1.00 e. The van der Waals surface area contributed by atoms with E-state index in [4.69, 9.17) is 0 Å².